The molecule has 6 nitrogen and oxygen atoms in total. The maximum absolute atomic E-state index is 12.3. The highest BCUT2D eigenvalue weighted by atomic mass is 32.2. The standard InChI is InChI=1S/C15H15N5OS2/c1-9(14(21)20-10-3-5-11(22-2)6-4-10)23-15-12-13(17-7-16-12)18-8-19-15/h3-9H,1-2H3,(H,20,21)(H,16,17,18,19)/t9-/m1/s1. The third-order valence-corrected chi connectivity index (χ3v) is 5.05. The largest absolute Gasteiger partial charge is 0.341 e. The Bertz CT molecular complexity index is 818. The van der Waals surface area contributed by atoms with Gasteiger partial charge in [-0.05, 0) is 37.4 Å². The summed E-state index contributed by atoms with van der Waals surface area (Å²) in [4.78, 5) is 28.9. The zero-order valence-electron chi connectivity index (χ0n) is 12.6. The molecule has 2 heterocycles. The van der Waals surface area contributed by atoms with Gasteiger partial charge in [0.2, 0.25) is 5.91 Å². The number of aromatic nitrogens is 4. The predicted octanol–water partition coefficient (Wildman–Crippen LogP) is 3.19. The fourth-order valence-electron chi connectivity index (χ4n) is 1.97. The molecule has 3 rings (SSSR count). The monoisotopic (exact) mass is 345 g/mol. The molecule has 1 atom stereocenters. The quantitative estimate of drug-likeness (QED) is 0.546. The lowest BCUT2D eigenvalue weighted by Gasteiger charge is -2.12. The van der Waals surface area contributed by atoms with Crippen molar-refractivity contribution in [3.05, 3.63) is 36.9 Å². The molecule has 0 aliphatic carbocycles. The molecule has 0 aliphatic heterocycles. The summed E-state index contributed by atoms with van der Waals surface area (Å²) < 4.78 is 0. The summed E-state index contributed by atoms with van der Waals surface area (Å²) >= 11 is 3.04. The molecule has 118 valence electrons. The van der Waals surface area contributed by atoms with Crippen LogP contribution in [0.5, 0.6) is 0 Å². The molecule has 3 aromatic rings. The van der Waals surface area contributed by atoms with Crippen LogP contribution < -0.4 is 5.32 Å². The molecule has 0 bridgehead atoms. The van der Waals surface area contributed by atoms with E-state index in [0.29, 0.717) is 10.7 Å². The van der Waals surface area contributed by atoms with Gasteiger partial charge in [-0.1, -0.05) is 11.8 Å². The summed E-state index contributed by atoms with van der Waals surface area (Å²) in [7, 11) is 0. The zero-order chi connectivity index (χ0) is 16.2. The summed E-state index contributed by atoms with van der Waals surface area (Å²) in [5.41, 5.74) is 2.14. The van der Waals surface area contributed by atoms with Crippen molar-refractivity contribution in [3.8, 4) is 0 Å². The van der Waals surface area contributed by atoms with Crippen molar-refractivity contribution in [2.45, 2.75) is 22.1 Å². The van der Waals surface area contributed by atoms with E-state index in [1.54, 1.807) is 18.1 Å². The van der Waals surface area contributed by atoms with Gasteiger partial charge in [0.15, 0.2) is 5.65 Å². The van der Waals surface area contributed by atoms with Crippen molar-refractivity contribution in [1.82, 2.24) is 19.9 Å². The van der Waals surface area contributed by atoms with Gasteiger partial charge in [-0.3, -0.25) is 4.79 Å². The van der Waals surface area contributed by atoms with Gasteiger partial charge in [0.25, 0.3) is 0 Å². The second kappa shape index (κ2) is 7.01. The third-order valence-electron chi connectivity index (χ3n) is 3.20. The average Bonchev–Trinajstić information content (AvgIpc) is 3.05. The molecule has 0 aliphatic rings. The Morgan fingerprint density at radius 2 is 2.00 bits per heavy atom. The number of anilines is 1. The number of hydrogen-bond acceptors (Lipinski definition) is 6. The minimum Gasteiger partial charge on any atom is -0.341 e. The van der Waals surface area contributed by atoms with Crippen molar-refractivity contribution in [2.75, 3.05) is 11.6 Å². The van der Waals surface area contributed by atoms with Gasteiger partial charge in [-0.2, -0.15) is 0 Å². The van der Waals surface area contributed by atoms with Gasteiger partial charge in [0.05, 0.1) is 11.6 Å². The van der Waals surface area contributed by atoms with E-state index in [1.165, 1.54) is 18.1 Å². The molecular weight excluding hydrogens is 330 g/mol. The molecule has 8 heteroatoms. The van der Waals surface area contributed by atoms with E-state index in [9.17, 15) is 4.79 Å². The van der Waals surface area contributed by atoms with Gasteiger partial charge >= 0.3 is 0 Å². The van der Waals surface area contributed by atoms with Crippen LogP contribution >= 0.6 is 23.5 Å². The normalized spacial score (nSPS) is 12.3. The number of H-pyrrole nitrogens is 1. The smallest absolute Gasteiger partial charge is 0.237 e. The van der Waals surface area contributed by atoms with Crippen LogP contribution in [0.15, 0.2) is 46.8 Å². The Balaban J connectivity index is 1.68. The number of nitrogens with one attached hydrogen (secondary N) is 2. The molecule has 0 spiro atoms. The van der Waals surface area contributed by atoms with Crippen molar-refractivity contribution in [1.29, 1.82) is 0 Å². The third kappa shape index (κ3) is 3.65. The van der Waals surface area contributed by atoms with Crippen LogP contribution in [0, 0.1) is 0 Å². The molecule has 0 saturated heterocycles. The minimum atomic E-state index is -0.295. The van der Waals surface area contributed by atoms with Crippen LogP contribution in [-0.4, -0.2) is 37.3 Å². The number of fused-ring (bicyclic) bond motifs is 1. The predicted molar refractivity (Wildman–Crippen MR) is 93.9 cm³/mol. The molecule has 0 unspecified atom stereocenters. The lowest BCUT2D eigenvalue weighted by atomic mass is 10.3. The van der Waals surface area contributed by atoms with Crippen molar-refractivity contribution < 1.29 is 4.79 Å². The van der Waals surface area contributed by atoms with E-state index in [4.69, 9.17) is 0 Å². The lowest BCUT2D eigenvalue weighted by Crippen LogP contribution is -2.22. The second-order valence-corrected chi connectivity index (χ2v) is 6.97. The fourth-order valence-corrected chi connectivity index (χ4v) is 3.26. The highest BCUT2D eigenvalue weighted by Crippen LogP contribution is 2.27. The minimum absolute atomic E-state index is 0.0711. The second-order valence-electron chi connectivity index (χ2n) is 4.76. The Morgan fingerprint density at radius 1 is 1.22 bits per heavy atom. The summed E-state index contributed by atoms with van der Waals surface area (Å²) in [5.74, 6) is -0.0711. The summed E-state index contributed by atoms with van der Waals surface area (Å²) in [6, 6.07) is 7.77. The molecule has 2 aromatic heterocycles. The first-order chi connectivity index (χ1) is 11.2. The Hall–Kier alpha value is -2.06. The van der Waals surface area contributed by atoms with E-state index >= 15 is 0 Å². The summed E-state index contributed by atoms with van der Waals surface area (Å²) in [5, 5.41) is 3.34. The Kier molecular flexibility index (Phi) is 4.82. The topological polar surface area (TPSA) is 83.6 Å². The molecule has 23 heavy (non-hydrogen) atoms. The average molecular weight is 345 g/mol. The first kappa shape index (κ1) is 15.8. The van der Waals surface area contributed by atoms with Crippen LogP contribution in [-0.2, 0) is 4.79 Å². The van der Waals surface area contributed by atoms with Crippen molar-refractivity contribution in [3.63, 3.8) is 0 Å². The Labute approximate surface area is 141 Å². The molecule has 0 radical (unpaired) electrons. The van der Waals surface area contributed by atoms with Gasteiger partial charge in [0.1, 0.15) is 16.9 Å². The van der Waals surface area contributed by atoms with Gasteiger partial charge in [-0.15, -0.1) is 11.8 Å². The highest BCUT2D eigenvalue weighted by Gasteiger charge is 2.17. The number of carbonyl (C=O) groups excluding carboxylic acids is 1. The number of thioether (sulfide) groups is 2. The molecule has 2 N–H and O–H groups in total. The highest BCUT2D eigenvalue weighted by molar-refractivity contribution is 8.00. The number of rotatable bonds is 5. The molecular formula is C15H15N5OS2. The van der Waals surface area contributed by atoms with Crippen molar-refractivity contribution in [2.24, 2.45) is 0 Å². The van der Waals surface area contributed by atoms with Crippen LogP contribution in [0.25, 0.3) is 11.2 Å². The van der Waals surface area contributed by atoms with Crippen LogP contribution in [0.4, 0.5) is 5.69 Å². The first-order valence-electron chi connectivity index (χ1n) is 6.93. The van der Waals surface area contributed by atoms with E-state index in [-0.39, 0.29) is 11.2 Å². The lowest BCUT2D eigenvalue weighted by molar-refractivity contribution is -0.115. The summed E-state index contributed by atoms with van der Waals surface area (Å²) in [6.07, 6.45) is 5.04. The van der Waals surface area contributed by atoms with Crippen LogP contribution in [0.2, 0.25) is 0 Å². The zero-order valence-corrected chi connectivity index (χ0v) is 14.2. The van der Waals surface area contributed by atoms with E-state index in [0.717, 1.165) is 16.1 Å². The molecule has 1 aromatic carbocycles. The van der Waals surface area contributed by atoms with E-state index in [2.05, 4.69) is 25.3 Å². The van der Waals surface area contributed by atoms with Gasteiger partial charge < -0.3 is 10.3 Å². The number of amides is 1. The number of hydrogen-bond donors (Lipinski definition) is 2. The van der Waals surface area contributed by atoms with E-state index < -0.39 is 0 Å². The van der Waals surface area contributed by atoms with E-state index in [1.807, 2.05) is 37.4 Å². The fraction of sp³-hybridized carbons (Fsp3) is 0.200. The van der Waals surface area contributed by atoms with Crippen LogP contribution in [0.3, 0.4) is 0 Å². The van der Waals surface area contributed by atoms with Crippen LogP contribution in [0.1, 0.15) is 6.92 Å². The first-order valence-corrected chi connectivity index (χ1v) is 9.03. The maximum Gasteiger partial charge on any atom is 0.237 e. The number of benzene rings is 1. The molecule has 0 saturated carbocycles. The SMILES string of the molecule is CSc1ccc(NC(=O)[C@@H](C)Sc2ncnc3nc[nH]c23)cc1. The number of nitrogens with zero attached hydrogens (tertiary/aromatic N) is 3. The number of carbonyl (C=O) groups is 1. The molecule has 0 fully saturated rings. The van der Waals surface area contributed by atoms with Gasteiger partial charge in [0, 0.05) is 10.6 Å². The maximum atomic E-state index is 12.3. The summed E-state index contributed by atoms with van der Waals surface area (Å²) in [6.45, 7) is 1.85. The number of aromatic amines is 1. The van der Waals surface area contributed by atoms with Gasteiger partial charge in [-0.25, -0.2) is 15.0 Å². The number of imidazole rings is 1. The molecule has 1 amide bonds. The van der Waals surface area contributed by atoms with Crippen molar-refractivity contribution >= 4 is 46.3 Å². The Morgan fingerprint density at radius 3 is 2.74 bits per heavy atom.